The highest BCUT2D eigenvalue weighted by Gasteiger charge is 2.18. The molecule has 0 aliphatic heterocycles. The highest BCUT2D eigenvalue weighted by atomic mass is 15.0. The highest BCUT2D eigenvalue weighted by Crippen LogP contribution is 2.24. The molecule has 0 aliphatic rings. The van der Waals surface area contributed by atoms with Crippen LogP contribution in [0.15, 0.2) is 24.5 Å². The molecule has 100 valence electrons. The molecule has 2 aromatic rings. The van der Waals surface area contributed by atoms with Gasteiger partial charge in [0, 0.05) is 18.0 Å². The van der Waals surface area contributed by atoms with Crippen LogP contribution in [0.4, 0.5) is 5.82 Å². The fourth-order valence-electron chi connectivity index (χ4n) is 2.05. The second kappa shape index (κ2) is 5.75. The van der Waals surface area contributed by atoms with Crippen LogP contribution in [0.2, 0.25) is 0 Å². The van der Waals surface area contributed by atoms with E-state index in [2.05, 4.69) is 27.2 Å². The van der Waals surface area contributed by atoms with Crippen LogP contribution in [0.1, 0.15) is 35.6 Å². The summed E-state index contributed by atoms with van der Waals surface area (Å²) in [5, 5.41) is 3.40. The third-order valence-electron chi connectivity index (χ3n) is 2.90. The number of aromatic nitrogens is 3. The summed E-state index contributed by atoms with van der Waals surface area (Å²) in [6, 6.07) is 3.90. The van der Waals surface area contributed by atoms with Crippen molar-refractivity contribution in [3.8, 4) is 0 Å². The van der Waals surface area contributed by atoms with Crippen LogP contribution in [0.5, 0.6) is 0 Å². The van der Waals surface area contributed by atoms with E-state index in [9.17, 15) is 0 Å². The first-order valence-electron chi connectivity index (χ1n) is 6.36. The van der Waals surface area contributed by atoms with Gasteiger partial charge in [-0.1, -0.05) is 6.92 Å². The Morgan fingerprint density at radius 3 is 2.79 bits per heavy atom. The van der Waals surface area contributed by atoms with Crippen molar-refractivity contribution in [2.75, 3.05) is 12.3 Å². The van der Waals surface area contributed by atoms with E-state index in [0.717, 1.165) is 29.2 Å². The smallest absolute Gasteiger partial charge is 0.128 e. The zero-order valence-electron chi connectivity index (χ0n) is 11.5. The number of rotatable bonds is 4. The first-order valence-corrected chi connectivity index (χ1v) is 6.36. The SMILES string of the molecule is CCNC(c1ccnc(C)n1)c1cc(C)cnc1N. The minimum absolute atomic E-state index is 0.0564. The number of anilines is 1. The first kappa shape index (κ1) is 13.4. The van der Waals surface area contributed by atoms with Gasteiger partial charge in [0.15, 0.2) is 0 Å². The Hall–Kier alpha value is -2.01. The maximum atomic E-state index is 6.00. The molecule has 0 fully saturated rings. The van der Waals surface area contributed by atoms with Crippen LogP contribution in [0.25, 0.3) is 0 Å². The predicted molar refractivity (Wildman–Crippen MR) is 75.7 cm³/mol. The van der Waals surface area contributed by atoms with Crippen molar-refractivity contribution in [2.24, 2.45) is 0 Å². The van der Waals surface area contributed by atoms with E-state index in [4.69, 9.17) is 5.73 Å². The monoisotopic (exact) mass is 257 g/mol. The molecule has 1 unspecified atom stereocenters. The molecule has 0 amide bonds. The molecule has 0 saturated heterocycles. The average Bonchev–Trinajstić information content (AvgIpc) is 2.39. The number of nitrogens with two attached hydrogens (primary N) is 1. The summed E-state index contributed by atoms with van der Waals surface area (Å²) < 4.78 is 0. The topological polar surface area (TPSA) is 76.7 Å². The molecule has 2 heterocycles. The molecule has 2 aromatic heterocycles. The third kappa shape index (κ3) is 3.06. The zero-order chi connectivity index (χ0) is 13.8. The predicted octanol–water partition coefficient (Wildman–Crippen LogP) is 1.77. The Balaban J connectivity index is 2.48. The van der Waals surface area contributed by atoms with Gasteiger partial charge < -0.3 is 11.1 Å². The molecule has 0 aromatic carbocycles. The molecule has 5 nitrogen and oxygen atoms in total. The molecule has 0 spiro atoms. The van der Waals surface area contributed by atoms with E-state index >= 15 is 0 Å². The van der Waals surface area contributed by atoms with Gasteiger partial charge in [-0.3, -0.25) is 0 Å². The largest absolute Gasteiger partial charge is 0.383 e. The van der Waals surface area contributed by atoms with Crippen LogP contribution >= 0.6 is 0 Å². The second-order valence-electron chi connectivity index (χ2n) is 4.51. The summed E-state index contributed by atoms with van der Waals surface area (Å²) >= 11 is 0. The molecular weight excluding hydrogens is 238 g/mol. The van der Waals surface area contributed by atoms with Crippen molar-refractivity contribution in [1.29, 1.82) is 0 Å². The van der Waals surface area contributed by atoms with E-state index in [-0.39, 0.29) is 6.04 Å². The zero-order valence-corrected chi connectivity index (χ0v) is 11.5. The standard InChI is InChI=1S/C14H19N5/c1-4-16-13(12-5-6-17-10(3)19-12)11-7-9(2)8-18-14(11)15/h5-8,13,16H,4H2,1-3H3,(H2,15,18). The number of nitrogen functional groups attached to an aromatic ring is 1. The fraction of sp³-hybridized carbons (Fsp3) is 0.357. The molecule has 2 rings (SSSR count). The summed E-state index contributed by atoms with van der Waals surface area (Å²) in [4.78, 5) is 12.8. The fourth-order valence-corrected chi connectivity index (χ4v) is 2.05. The van der Waals surface area contributed by atoms with E-state index in [1.165, 1.54) is 0 Å². The molecule has 1 atom stereocenters. The second-order valence-corrected chi connectivity index (χ2v) is 4.51. The van der Waals surface area contributed by atoms with Gasteiger partial charge in [-0.15, -0.1) is 0 Å². The minimum Gasteiger partial charge on any atom is -0.383 e. The lowest BCUT2D eigenvalue weighted by Crippen LogP contribution is -2.24. The quantitative estimate of drug-likeness (QED) is 0.873. The van der Waals surface area contributed by atoms with Crippen molar-refractivity contribution in [3.05, 3.63) is 47.2 Å². The normalized spacial score (nSPS) is 12.4. The van der Waals surface area contributed by atoms with E-state index < -0.39 is 0 Å². The van der Waals surface area contributed by atoms with Crippen LogP contribution in [0.3, 0.4) is 0 Å². The third-order valence-corrected chi connectivity index (χ3v) is 2.90. The number of pyridine rings is 1. The van der Waals surface area contributed by atoms with E-state index in [1.54, 1.807) is 12.4 Å². The molecule has 3 N–H and O–H groups in total. The van der Waals surface area contributed by atoms with Gasteiger partial charge >= 0.3 is 0 Å². The van der Waals surface area contributed by atoms with Gasteiger partial charge in [-0.2, -0.15) is 0 Å². The van der Waals surface area contributed by atoms with Gasteiger partial charge in [0.2, 0.25) is 0 Å². The van der Waals surface area contributed by atoms with Crippen molar-refractivity contribution in [1.82, 2.24) is 20.3 Å². The lowest BCUT2D eigenvalue weighted by Gasteiger charge is -2.19. The van der Waals surface area contributed by atoms with Gasteiger partial charge in [0.05, 0.1) is 11.7 Å². The van der Waals surface area contributed by atoms with Crippen LogP contribution in [-0.2, 0) is 0 Å². The van der Waals surface area contributed by atoms with Gasteiger partial charge in [-0.25, -0.2) is 15.0 Å². The Kier molecular flexibility index (Phi) is 4.06. The molecule has 0 radical (unpaired) electrons. The summed E-state index contributed by atoms with van der Waals surface area (Å²) in [7, 11) is 0. The Morgan fingerprint density at radius 2 is 2.11 bits per heavy atom. The number of nitrogens with one attached hydrogen (secondary N) is 1. The summed E-state index contributed by atoms with van der Waals surface area (Å²) in [5.41, 5.74) is 8.95. The summed E-state index contributed by atoms with van der Waals surface area (Å²) in [6.45, 7) is 6.76. The van der Waals surface area contributed by atoms with E-state index in [0.29, 0.717) is 5.82 Å². The molecular formula is C14H19N5. The molecule has 19 heavy (non-hydrogen) atoms. The minimum atomic E-state index is -0.0564. The van der Waals surface area contributed by atoms with Crippen molar-refractivity contribution in [3.63, 3.8) is 0 Å². The Morgan fingerprint density at radius 1 is 1.32 bits per heavy atom. The van der Waals surface area contributed by atoms with Crippen molar-refractivity contribution >= 4 is 5.82 Å². The molecule has 5 heteroatoms. The van der Waals surface area contributed by atoms with Crippen molar-refractivity contribution in [2.45, 2.75) is 26.8 Å². The average molecular weight is 257 g/mol. The summed E-state index contributed by atoms with van der Waals surface area (Å²) in [5.74, 6) is 1.28. The van der Waals surface area contributed by atoms with Crippen molar-refractivity contribution < 1.29 is 0 Å². The molecule has 0 saturated carbocycles. The number of hydrogen-bond acceptors (Lipinski definition) is 5. The lowest BCUT2D eigenvalue weighted by molar-refractivity contribution is 0.611. The van der Waals surface area contributed by atoms with Crippen LogP contribution in [0, 0.1) is 13.8 Å². The number of hydrogen-bond donors (Lipinski definition) is 2. The number of nitrogens with zero attached hydrogens (tertiary/aromatic N) is 3. The Bertz CT molecular complexity index is 568. The van der Waals surface area contributed by atoms with Gasteiger partial charge in [-0.05, 0) is 38.1 Å². The van der Waals surface area contributed by atoms with Crippen LogP contribution in [-0.4, -0.2) is 21.5 Å². The highest BCUT2D eigenvalue weighted by molar-refractivity contribution is 5.45. The first-order chi connectivity index (χ1) is 9.11. The summed E-state index contributed by atoms with van der Waals surface area (Å²) in [6.07, 6.45) is 3.54. The number of aryl methyl sites for hydroxylation is 2. The maximum absolute atomic E-state index is 6.00. The van der Waals surface area contributed by atoms with Gasteiger partial charge in [0.1, 0.15) is 11.6 Å². The van der Waals surface area contributed by atoms with E-state index in [1.807, 2.05) is 26.0 Å². The van der Waals surface area contributed by atoms with Gasteiger partial charge in [0.25, 0.3) is 0 Å². The molecule has 0 aliphatic carbocycles. The molecule has 0 bridgehead atoms. The Labute approximate surface area is 113 Å². The maximum Gasteiger partial charge on any atom is 0.128 e. The van der Waals surface area contributed by atoms with Crippen LogP contribution < -0.4 is 11.1 Å². The lowest BCUT2D eigenvalue weighted by atomic mass is 10.0.